The van der Waals surface area contributed by atoms with Crippen molar-refractivity contribution in [2.45, 2.75) is 71.8 Å². The standard InChI is InChI=1S/C17H27ClO/c1-4-5-6-7-8-9-10-17(19)15-11-13(2)14(3)12-16(15)18/h11-12,17,19H,4-10H2,1-3H3. The number of unbranched alkanes of at least 4 members (excludes halogenated alkanes) is 5. The quantitative estimate of drug-likeness (QED) is 0.603. The van der Waals surface area contributed by atoms with Crippen LogP contribution in [0.2, 0.25) is 5.02 Å². The summed E-state index contributed by atoms with van der Waals surface area (Å²) in [5.74, 6) is 0. The van der Waals surface area contributed by atoms with Crippen molar-refractivity contribution in [3.05, 3.63) is 33.8 Å². The highest BCUT2D eigenvalue weighted by Gasteiger charge is 2.12. The van der Waals surface area contributed by atoms with Gasteiger partial charge in [-0.25, -0.2) is 0 Å². The first kappa shape index (κ1) is 16.5. The maximum atomic E-state index is 10.2. The van der Waals surface area contributed by atoms with Crippen molar-refractivity contribution in [2.24, 2.45) is 0 Å². The molecule has 0 aliphatic rings. The topological polar surface area (TPSA) is 20.2 Å². The summed E-state index contributed by atoms with van der Waals surface area (Å²) in [6.07, 6.45) is 7.88. The van der Waals surface area contributed by atoms with E-state index in [0.29, 0.717) is 5.02 Å². The molecule has 1 aromatic rings. The molecule has 0 bridgehead atoms. The molecule has 108 valence electrons. The van der Waals surface area contributed by atoms with Gasteiger partial charge in [0.25, 0.3) is 0 Å². The molecule has 0 aliphatic heterocycles. The molecular weight excluding hydrogens is 256 g/mol. The highest BCUT2D eigenvalue weighted by atomic mass is 35.5. The summed E-state index contributed by atoms with van der Waals surface area (Å²) >= 11 is 6.22. The molecule has 0 aromatic heterocycles. The minimum atomic E-state index is -0.419. The van der Waals surface area contributed by atoms with Crippen LogP contribution < -0.4 is 0 Å². The van der Waals surface area contributed by atoms with E-state index in [2.05, 4.69) is 13.8 Å². The minimum absolute atomic E-state index is 0.419. The second-order valence-corrected chi connectivity index (χ2v) is 5.94. The summed E-state index contributed by atoms with van der Waals surface area (Å²) < 4.78 is 0. The van der Waals surface area contributed by atoms with Gasteiger partial charge in [-0.1, -0.05) is 63.1 Å². The van der Waals surface area contributed by atoms with E-state index in [0.717, 1.165) is 18.4 Å². The number of rotatable bonds is 8. The van der Waals surface area contributed by atoms with Crippen molar-refractivity contribution in [1.82, 2.24) is 0 Å². The lowest BCUT2D eigenvalue weighted by Crippen LogP contribution is -2.00. The van der Waals surface area contributed by atoms with Crippen LogP contribution >= 0.6 is 11.6 Å². The van der Waals surface area contributed by atoms with Gasteiger partial charge in [0.1, 0.15) is 0 Å². The van der Waals surface area contributed by atoms with Gasteiger partial charge in [-0.3, -0.25) is 0 Å². The zero-order chi connectivity index (χ0) is 14.3. The molecule has 1 nitrogen and oxygen atoms in total. The van der Waals surface area contributed by atoms with Crippen molar-refractivity contribution >= 4 is 11.6 Å². The Balaban J connectivity index is 2.41. The van der Waals surface area contributed by atoms with Gasteiger partial charge in [0, 0.05) is 5.02 Å². The highest BCUT2D eigenvalue weighted by molar-refractivity contribution is 6.31. The van der Waals surface area contributed by atoms with E-state index in [-0.39, 0.29) is 0 Å². The van der Waals surface area contributed by atoms with Crippen LogP contribution in [0.15, 0.2) is 12.1 Å². The molecule has 1 rings (SSSR count). The monoisotopic (exact) mass is 282 g/mol. The first-order valence-electron chi connectivity index (χ1n) is 7.51. The summed E-state index contributed by atoms with van der Waals surface area (Å²) in [5, 5.41) is 10.9. The summed E-state index contributed by atoms with van der Waals surface area (Å²) in [5.41, 5.74) is 3.26. The number of hydrogen-bond acceptors (Lipinski definition) is 1. The third kappa shape index (κ3) is 5.54. The predicted octanol–water partition coefficient (Wildman–Crippen LogP) is 5.74. The molecule has 0 saturated carbocycles. The van der Waals surface area contributed by atoms with Crippen molar-refractivity contribution < 1.29 is 5.11 Å². The third-order valence-electron chi connectivity index (χ3n) is 3.80. The molecule has 0 fully saturated rings. The Hall–Kier alpha value is -0.530. The summed E-state index contributed by atoms with van der Waals surface area (Å²) in [6.45, 7) is 6.34. The number of aliphatic hydroxyl groups is 1. The second-order valence-electron chi connectivity index (χ2n) is 5.53. The SMILES string of the molecule is CCCCCCCCC(O)c1cc(C)c(C)cc1Cl. The van der Waals surface area contributed by atoms with Crippen molar-refractivity contribution in [3.8, 4) is 0 Å². The molecule has 0 spiro atoms. The zero-order valence-electron chi connectivity index (χ0n) is 12.5. The Bertz CT molecular complexity index is 387. The van der Waals surface area contributed by atoms with Crippen LogP contribution in [0.25, 0.3) is 0 Å². The lowest BCUT2D eigenvalue weighted by molar-refractivity contribution is 0.163. The van der Waals surface area contributed by atoms with Gasteiger partial charge in [0.2, 0.25) is 0 Å². The smallest absolute Gasteiger partial charge is 0.0804 e. The molecule has 2 heteroatoms. The maximum Gasteiger partial charge on any atom is 0.0804 e. The first-order chi connectivity index (χ1) is 9.06. The summed E-state index contributed by atoms with van der Waals surface area (Å²) in [6, 6.07) is 3.98. The number of aliphatic hydroxyl groups excluding tert-OH is 1. The predicted molar refractivity (Wildman–Crippen MR) is 83.9 cm³/mol. The molecule has 0 saturated heterocycles. The Labute approximate surface area is 123 Å². The van der Waals surface area contributed by atoms with Gasteiger partial charge in [-0.05, 0) is 43.0 Å². The van der Waals surface area contributed by atoms with Crippen LogP contribution in [-0.2, 0) is 0 Å². The molecule has 0 heterocycles. The number of benzene rings is 1. The van der Waals surface area contributed by atoms with E-state index in [1.807, 2.05) is 19.1 Å². The van der Waals surface area contributed by atoms with E-state index in [4.69, 9.17) is 11.6 Å². The molecule has 19 heavy (non-hydrogen) atoms. The average molecular weight is 283 g/mol. The molecule has 0 radical (unpaired) electrons. The minimum Gasteiger partial charge on any atom is -0.388 e. The van der Waals surface area contributed by atoms with E-state index in [9.17, 15) is 5.11 Å². The zero-order valence-corrected chi connectivity index (χ0v) is 13.3. The first-order valence-corrected chi connectivity index (χ1v) is 7.88. The van der Waals surface area contributed by atoms with Crippen LogP contribution in [-0.4, -0.2) is 5.11 Å². The number of hydrogen-bond donors (Lipinski definition) is 1. The fraction of sp³-hybridized carbons (Fsp3) is 0.647. The van der Waals surface area contributed by atoms with Crippen LogP contribution in [0.3, 0.4) is 0 Å². The molecule has 1 N–H and O–H groups in total. The maximum absolute atomic E-state index is 10.2. The van der Waals surface area contributed by atoms with Gasteiger partial charge in [-0.2, -0.15) is 0 Å². The molecule has 0 amide bonds. The molecular formula is C17H27ClO. The summed E-state index contributed by atoms with van der Waals surface area (Å²) in [7, 11) is 0. The van der Waals surface area contributed by atoms with E-state index in [1.165, 1.54) is 43.2 Å². The average Bonchev–Trinajstić information content (AvgIpc) is 2.37. The van der Waals surface area contributed by atoms with E-state index < -0.39 is 6.10 Å². The Morgan fingerprint density at radius 2 is 1.58 bits per heavy atom. The fourth-order valence-corrected chi connectivity index (χ4v) is 2.68. The van der Waals surface area contributed by atoms with Crippen molar-refractivity contribution in [2.75, 3.05) is 0 Å². The van der Waals surface area contributed by atoms with Crippen molar-refractivity contribution in [3.63, 3.8) is 0 Å². The lowest BCUT2D eigenvalue weighted by atomic mass is 9.98. The fourth-order valence-electron chi connectivity index (χ4n) is 2.33. The Morgan fingerprint density at radius 1 is 1.00 bits per heavy atom. The van der Waals surface area contributed by atoms with Crippen LogP contribution in [0, 0.1) is 13.8 Å². The lowest BCUT2D eigenvalue weighted by Gasteiger charge is -2.14. The molecule has 0 aliphatic carbocycles. The van der Waals surface area contributed by atoms with Crippen LogP contribution in [0.4, 0.5) is 0 Å². The van der Waals surface area contributed by atoms with Gasteiger partial charge < -0.3 is 5.11 Å². The molecule has 1 aromatic carbocycles. The van der Waals surface area contributed by atoms with Gasteiger partial charge in [0.15, 0.2) is 0 Å². The highest BCUT2D eigenvalue weighted by Crippen LogP contribution is 2.29. The molecule has 1 unspecified atom stereocenters. The van der Waals surface area contributed by atoms with Crippen LogP contribution in [0.1, 0.15) is 74.7 Å². The van der Waals surface area contributed by atoms with Crippen LogP contribution in [0.5, 0.6) is 0 Å². The normalized spacial score (nSPS) is 12.7. The van der Waals surface area contributed by atoms with Gasteiger partial charge in [-0.15, -0.1) is 0 Å². The molecule has 1 atom stereocenters. The largest absolute Gasteiger partial charge is 0.388 e. The van der Waals surface area contributed by atoms with Crippen molar-refractivity contribution in [1.29, 1.82) is 0 Å². The van der Waals surface area contributed by atoms with E-state index in [1.54, 1.807) is 0 Å². The van der Waals surface area contributed by atoms with E-state index >= 15 is 0 Å². The van der Waals surface area contributed by atoms with Gasteiger partial charge in [0.05, 0.1) is 6.10 Å². The Morgan fingerprint density at radius 3 is 2.26 bits per heavy atom. The summed E-state index contributed by atoms with van der Waals surface area (Å²) in [4.78, 5) is 0. The van der Waals surface area contributed by atoms with Gasteiger partial charge >= 0.3 is 0 Å². The number of aryl methyl sites for hydroxylation is 2. The second kappa shape index (κ2) is 8.60. The number of halogens is 1. The third-order valence-corrected chi connectivity index (χ3v) is 4.13. The Kier molecular flexibility index (Phi) is 7.48.